The van der Waals surface area contributed by atoms with Gasteiger partial charge >= 0.3 is 0 Å². The van der Waals surface area contributed by atoms with Gasteiger partial charge in [-0.3, -0.25) is 5.84 Å². The van der Waals surface area contributed by atoms with Crippen LogP contribution in [0.4, 0.5) is 11.5 Å². The van der Waals surface area contributed by atoms with Crippen molar-refractivity contribution in [3.8, 4) is 11.3 Å². The number of anilines is 2. The van der Waals surface area contributed by atoms with Gasteiger partial charge in [0.15, 0.2) is 5.82 Å². The number of nitrogen functional groups attached to an aromatic ring is 2. The molecule has 0 saturated carbocycles. The first-order chi connectivity index (χ1) is 11.1. The lowest BCUT2D eigenvalue weighted by atomic mass is 10.0. The van der Waals surface area contributed by atoms with Gasteiger partial charge in [-0.1, -0.05) is 56.7 Å². The van der Waals surface area contributed by atoms with Crippen LogP contribution >= 0.6 is 0 Å². The van der Waals surface area contributed by atoms with Crippen LogP contribution in [0, 0.1) is 6.92 Å². The fraction of sp³-hybridized carbons (Fsp3) is 0.222. The first-order valence-electron chi connectivity index (χ1n) is 7.70. The van der Waals surface area contributed by atoms with Crippen LogP contribution in [0.5, 0.6) is 0 Å². The maximum absolute atomic E-state index is 5.88. The first kappa shape index (κ1) is 16.7. The van der Waals surface area contributed by atoms with Gasteiger partial charge < -0.3 is 11.2 Å². The molecule has 0 spiro atoms. The maximum Gasteiger partial charge on any atom is 0.154 e. The van der Waals surface area contributed by atoms with E-state index in [4.69, 9.17) is 11.6 Å². The molecule has 1 aromatic heterocycles. The predicted molar refractivity (Wildman–Crippen MR) is 97.9 cm³/mol. The van der Waals surface area contributed by atoms with E-state index >= 15 is 0 Å². The van der Waals surface area contributed by atoms with Gasteiger partial charge in [0.25, 0.3) is 0 Å². The van der Waals surface area contributed by atoms with E-state index in [0.717, 1.165) is 33.3 Å². The summed E-state index contributed by atoms with van der Waals surface area (Å²) in [6, 6.07) is 13.8. The molecular formula is C18H23N5. The molecule has 2 aromatic carbocycles. The van der Waals surface area contributed by atoms with Crippen LogP contribution in [0.25, 0.3) is 22.0 Å². The number of hydrogen-bond donors (Lipinski definition) is 3. The van der Waals surface area contributed by atoms with Crippen LogP contribution in [-0.4, -0.2) is 10.2 Å². The quantitative estimate of drug-likeness (QED) is 0.493. The Kier molecular flexibility index (Phi) is 5.49. The van der Waals surface area contributed by atoms with Gasteiger partial charge in [0.05, 0.1) is 5.69 Å². The number of hydrogen-bond acceptors (Lipinski definition) is 5. The third kappa shape index (κ3) is 3.57. The number of hydrazine groups is 1. The van der Waals surface area contributed by atoms with E-state index in [-0.39, 0.29) is 0 Å². The molecule has 120 valence electrons. The molecule has 1 heterocycles. The van der Waals surface area contributed by atoms with Gasteiger partial charge in [0.1, 0.15) is 5.69 Å². The van der Waals surface area contributed by atoms with E-state index in [0.29, 0.717) is 5.82 Å². The van der Waals surface area contributed by atoms with E-state index < -0.39 is 0 Å². The van der Waals surface area contributed by atoms with Crippen LogP contribution < -0.4 is 17.0 Å². The molecule has 0 aliphatic carbocycles. The van der Waals surface area contributed by atoms with Gasteiger partial charge in [0.2, 0.25) is 0 Å². The molecule has 5 N–H and O–H groups in total. The lowest BCUT2D eigenvalue weighted by Crippen LogP contribution is -2.08. The minimum atomic E-state index is 0.439. The highest BCUT2D eigenvalue weighted by Crippen LogP contribution is 2.30. The van der Waals surface area contributed by atoms with Crippen LogP contribution in [0.1, 0.15) is 25.8 Å². The van der Waals surface area contributed by atoms with Gasteiger partial charge in [-0.15, -0.1) is 10.2 Å². The van der Waals surface area contributed by atoms with Crippen LogP contribution in [0.2, 0.25) is 0 Å². The molecular weight excluding hydrogens is 286 g/mol. The molecule has 0 unspecified atom stereocenters. The minimum Gasteiger partial charge on any atom is -0.382 e. The second-order valence-electron chi connectivity index (χ2n) is 5.36. The van der Waals surface area contributed by atoms with Crippen LogP contribution in [0.15, 0.2) is 42.5 Å². The SMILES string of the molecule is CCC.Cc1ccc(-c2nnc(N)c3ccccc23)cc1NN. The highest BCUT2D eigenvalue weighted by atomic mass is 15.2. The van der Waals surface area contributed by atoms with Crippen molar-refractivity contribution in [3.63, 3.8) is 0 Å². The highest BCUT2D eigenvalue weighted by Gasteiger charge is 2.10. The summed E-state index contributed by atoms with van der Waals surface area (Å²) < 4.78 is 0. The molecule has 3 aromatic rings. The summed E-state index contributed by atoms with van der Waals surface area (Å²) in [5, 5.41) is 10.2. The molecule has 5 heteroatoms. The molecule has 5 nitrogen and oxygen atoms in total. The first-order valence-corrected chi connectivity index (χ1v) is 7.70. The average Bonchev–Trinajstić information content (AvgIpc) is 2.57. The number of rotatable bonds is 2. The summed E-state index contributed by atoms with van der Waals surface area (Å²) in [7, 11) is 0. The Morgan fingerprint density at radius 2 is 1.65 bits per heavy atom. The van der Waals surface area contributed by atoms with E-state index in [2.05, 4.69) is 29.5 Å². The second-order valence-corrected chi connectivity index (χ2v) is 5.36. The molecule has 0 atom stereocenters. The van der Waals surface area contributed by atoms with Crippen molar-refractivity contribution in [2.45, 2.75) is 27.2 Å². The third-order valence-corrected chi connectivity index (χ3v) is 3.38. The number of fused-ring (bicyclic) bond motifs is 1. The Balaban J connectivity index is 0.000000595. The van der Waals surface area contributed by atoms with Crippen molar-refractivity contribution >= 4 is 22.3 Å². The number of nitrogens with two attached hydrogens (primary N) is 2. The normalized spacial score (nSPS) is 10.1. The number of nitrogens with one attached hydrogen (secondary N) is 1. The summed E-state index contributed by atoms with van der Waals surface area (Å²) in [6.07, 6.45) is 1.25. The molecule has 0 aliphatic heterocycles. The van der Waals surface area contributed by atoms with Gasteiger partial charge in [-0.25, -0.2) is 0 Å². The number of aromatic nitrogens is 2. The number of benzene rings is 2. The van der Waals surface area contributed by atoms with Gasteiger partial charge in [-0.05, 0) is 18.6 Å². The van der Waals surface area contributed by atoms with E-state index in [1.165, 1.54) is 6.42 Å². The van der Waals surface area contributed by atoms with Crippen molar-refractivity contribution in [2.24, 2.45) is 5.84 Å². The van der Waals surface area contributed by atoms with Gasteiger partial charge in [0, 0.05) is 16.3 Å². The van der Waals surface area contributed by atoms with Crippen molar-refractivity contribution < 1.29 is 0 Å². The predicted octanol–water partition coefficient (Wildman–Crippen LogP) is 3.89. The summed E-state index contributed by atoms with van der Waals surface area (Å²) >= 11 is 0. The Bertz CT molecular complexity index is 799. The smallest absolute Gasteiger partial charge is 0.154 e. The molecule has 0 aliphatic rings. The summed E-state index contributed by atoms with van der Waals surface area (Å²) in [5.74, 6) is 5.97. The largest absolute Gasteiger partial charge is 0.382 e. The zero-order valence-corrected chi connectivity index (χ0v) is 13.8. The van der Waals surface area contributed by atoms with E-state index in [1.807, 2.05) is 49.4 Å². The molecule has 0 radical (unpaired) electrons. The van der Waals surface area contributed by atoms with E-state index in [9.17, 15) is 0 Å². The van der Waals surface area contributed by atoms with Crippen molar-refractivity contribution in [2.75, 3.05) is 11.2 Å². The lowest BCUT2D eigenvalue weighted by Gasteiger charge is -2.10. The molecule has 0 bridgehead atoms. The monoisotopic (exact) mass is 309 g/mol. The topological polar surface area (TPSA) is 89.8 Å². The highest BCUT2D eigenvalue weighted by molar-refractivity contribution is 5.99. The summed E-state index contributed by atoms with van der Waals surface area (Å²) in [5.41, 5.74) is 12.3. The molecule has 0 amide bonds. The van der Waals surface area contributed by atoms with Crippen molar-refractivity contribution in [1.82, 2.24) is 10.2 Å². The van der Waals surface area contributed by atoms with Crippen LogP contribution in [-0.2, 0) is 0 Å². The average molecular weight is 309 g/mol. The number of aryl methyl sites for hydroxylation is 1. The summed E-state index contributed by atoms with van der Waals surface area (Å²) in [4.78, 5) is 0. The van der Waals surface area contributed by atoms with Crippen molar-refractivity contribution in [1.29, 1.82) is 0 Å². The Morgan fingerprint density at radius 3 is 2.30 bits per heavy atom. The Hall–Kier alpha value is -2.66. The fourth-order valence-corrected chi connectivity index (χ4v) is 2.26. The zero-order chi connectivity index (χ0) is 16.8. The summed E-state index contributed by atoms with van der Waals surface area (Å²) in [6.45, 7) is 6.24. The standard InChI is InChI=1S/C15H15N5.C3H8/c1-9-6-7-10(8-13(9)18-17)14-11-4-2-3-5-12(11)15(16)20-19-14;1-3-2/h2-8,18H,17H2,1H3,(H2,16,20);3H2,1-2H3. The zero-order valence-electron chi connectivity index (χ0n) is 13.8. The second kappa shape index (κ2) is 7.56. The third-order valence-electron chi connectivity index (χ3n) is 3.38. The van der Waals surface area contributed by atoms with Gasteiger partial charge in [-0.2, -0.15) is 0 Å². The molecule has 0 fully saturated rings. The maximum atomic E-state index is 5.88. The minimum absolute atomic E-state index is 0.439. The van der Waals surface area contributed by atoms with Crippen molar-refractivity contribution in [3.05, 3.63) is 48.0 Å². The Labute approximate surface area is 136 Å². The van der Waals surface area contributed by atoms with E-state index in [1.54, 1.807) is 0 Å². The number of nitrogens with zero attached hydrogens (tertiary/aromatic N) is 2. The molecule has 0 saturated heterocycles. The lowest BCUT2D eigenvalue weighted by molar-refractivity contribution is 1.07. The molecule has 3 rings (SSSR count). The van der Waals surface area contributed by atoms with Crippen LogP contribution in [0.3, 0.4) is 0 Å². The Morgan fingerprint density at radius 1 is 1.00 bits per heavy atom. The molecule has 23 heavy (non-hydrogen) atoms. The fourth-order valence-electron chi connectivity index (χ4n) is 2.26.